The van der Waals surface area contributed by atoms with Crippen LogP contribution in [0.15, 0.2) is 42.5 Å². The highest BCUT2D eigenvalue weighted by molar-refractivity contribution is 5.97. The molecule has 0 aromatic heterocycles. The van der Waals surface area contributed by atoms with E-state index in [1.54, 1.807) is 31.4 Å². The van der Waals surface area contributed by atoms with Crippen molar-refractivity contribution in [3.63, 3.8) is 0 Å². The Morgan fingerprint density at radius 2 is 2.07 bits per heavy atom. The topological polar surface area (TPSA) is 74.2 Å². The molecular formula is C21H26O6. The average Bonchev–Trinajstić information content (AvgIpc) is 2.92. The lowest BCUT2D eigenvalue weighted by atomic mass is 9.72. The summed E-state index contributed by atoms with van der Waals surface area (Å²) in [5.41, 5.74) is 0.536. The summed E-state index contributed by atoms with van der Waals surface area (Å²) in [6, 6.07) is 5.07. The molecule has 146 valence electrons. The third-order valence-corrected chi connectivity index (χ3v) is 5.75. The van der Waals surface area contributed by atoms with Crippen molar-refractivity contribution in [1.29, 1.82) is 0 Å². The van der Waals surface area contributed by atoms with E-state index in [9.17, 15) is 9.90 Å². The number of ether oxygens (including phenoxy) is 4. The summed E-state index contributed by atoms with van der Waals surface area (Å²) < 4.78 is 23.3. The Balaban J connectivity index is 2.11. The summed E-state index contributed by atoms with van der Waals surface area (Å²) in [7, 11) is 4.62. The maximum absolute atomic E-state index is 12.7. The zero-order valence-electron chi connectivity index (χ0n) is 16.2. The van der Waals surface area contributed by atoms with Crippen LogP contribution in [-0.4, -0.2) is 43.6 Å². The Hall–Kier alpha value is -2.15. The molecule has 4 atom stereocenters. The number of hydrogen-bond donors (Lipinski definition) is 1. The highest BCUT2D eigenvalue weighted by Crippen LogP contribution is 2.57. The number of fused-ring (bicyclic) bond motifs is 1. The summed E-state index contributed by atoms with van der Waals surface area (Å²) in [6.45, 7) is 5.74. The minimum absolute atomic E-state index is 0.0411. The van der Waals surface area contributed by atoms with Crippen molar-refractivity contribution in [2.24, 2.45) is 5.92 Å². The number of aromatic hydroxyl groups is 1. The smallest absolute Gasteiger partial charge is 0.209 e. The molecule has 0 amide bonds. The number of allylic oxidation sites excluding steroid dienone is 2. The summed E-state index contributed by atoms with van der Waals surface area (Å²) in [6.07, 6.45) is 3.66. The minimum Gasteiger partial charge on any atom is -0.504 e. The predicted molar refractivity (Wildman–Crippen MR) is 99.6 cm³/mol. The van der Waals surface area contributed by atoms with Gasteiger partial charge in [-0.25, -0.2) is 0 Å². The maximum Gasteiger partial charge on any atom is 0.209 e. The fraction of sp³-hybridized carbons (Fsp3) is 0.476. The predicted octanol–water partition coefficient (Wildman–Crippen LogP) is 3.31. The lowest BCUT2D eigenvalue weighted by Crippen LogP contribution is -2.58. The van der Waals surface area contributed by atoms with Gasteiger partial charge in [-0.3, -0.25) is 4.79 Å². The molecule has 3 rings (SSSR count). The molecule has 0 radical (unpaired) electrons. The van der Waals surface area contributed by atoms with Crippen LogP contribution in [0.1, 0.15) is 31.4 Å². The van der Waals surface area contributed by atoms with Crippen molar-refractivity contribution < 1.29 is 28.8 Å². The fourth-order valence-electron chi connectivity index (χ4n) is 4.29. The normalized spacial score (nSPS) is 32.7. The van der Waals surface area contributed by atoms with Gasteiger partial charge in [0.2, 0.25) is 5.79 Å². The fourth-order valence-corrected chi connectivity index (χ4v) is 4.29. The van der Waals surface area contributed by atoms with Crippen LogP contribution in [0, 0.1) is 5.92 Å². The number of methoxy groups -OCH3 is 3. The second kappa shape index (κ2) is 7.11. The van der Waals surface area contributed by atoms with E-state index < -0.39 is 17.5 Å². The number of Topliss-reactive ketones (excluding diaryl/α,β-unsaturated/α-hetero) is 1. The molecule has 0 spiro atoms. The molecule has 1 saturated heterocycles. The summed E-state index contributed by atoms with van der Waals surface area (Å²) in [5.74, 6) is -1.02. The van der Waals surface area contributed by atoms with Gasteiger partial charge in [0.05, 0.1) is 19.6 Å². The van der Waals surface area contributed by atoms with Crippen molar-refractivity contribution in [2.75, 3.05) is 21.3 Å². The number of hydrogen-bond acceptors (Lipinski definition) is 6. The Bertz CT molecular complexity index is 785. The van der Waals surface area contributed by atoms with Gasteiger partial charge in [0, 0.05) is 20.1 Å². The van der Waals surface area contributed by atoms with E-state index in [0.29, 0.717) is 17.7 Å². The molecule has 6 nitrogen and oxygen atoms in total. The molecule has 1 aromatic rings. The molecule has 27 heavy (non-hydrogen) atoms. The molecule has 0 saturated carbocycles. The second-order valence-corrected chi connectivity index (χ2v) is 6.98. The molecule has 2 aliphatic rings. The number of carbonyl (C=O) groups is 1. The summed E-state index contributed by atoms with van der Waals surface area (Å²) >= 11 is 0. The van der Waals surface area contributed by atoms with Gasteiger partial charge in [-0.2, -0.15) is 0 Å². The summed E-state index contributed by atoms with van der Waals surface area (Å²) in [5, 5.41) is 9.89. The minimum atomic E-state index is -1.22. The monoisotopic (exact) mass is 374 g/mol. The van der Waals surface area contributed by atoms with Crippen molar-refractivity contribution >= 4 is 5.78 Å². The molecule has 1 aliphatic carbocycles. The molecule has 0 bridgehead atoms. The van der Waals surface area contributed by atoms with Crippen molar-refractivity contribution in [2.45, 2.75) is 37.3 Å². The van der Waals surface area contributed by atoms with Gasteiger partial charge in [-0.05, 0) is 35.8 Å². The highest BCUT2D eigenvalue weighted by Gasteiger charge is 2.67. The largest absolute Gasteiger partial charge is 0.504 e. The Labute approximate surface area is 159 Å². The number of carbonyl (C=O) groups excluding carboxylic acids is 1. The van der Waals surface area contributed by atoms with Crippen LogP contribution in [-0.2, 0) is 19.0 Å². The lowest BCUT2D eigenvalue weighted by Gasteiger charge is -2.44. The standard InChI is InChI=1S/C21H26O6/c1-6-7-15-11-20(25-4)13(2)19(27-21(20,26-5)12-17(15)23)14-8-9-16(22)18(10-14)24-3/h6,8-11,13,19,22H,1,7,12H2,2-5H3/t13-,19-,20-,21-/m0/s1. The number of rotatable bonds is 6. The van der Waals surface area contributed by atoms with Crippen molar-refractivity contribution in [3.8, 4) is 11.5 Å². The van der Waals surface area contributed by atoms with Gasteiger partial charge < -0.3 is 24.1 Å². The van der Waals surface area contributed by atoms with Gasteiger partial charge in [0.15, 0.2) is 17.3 Å². The number of phenols is 1. The van der Waals surface area contributed by atoms with Gasteiger partial charge in [-0.1, -0.05) is 19.1 Å². The quantitative estimate of drug-likeness (QED) is 0.770. The molecule has 1 fully saturated rings. The third-order valence-electron chi connectivity index (χ3n) is 5.75. The van der Waals surface area contributed by atoms with E-state index in [4.69, 9.17) is 18.9 Å². The highest BCUT2D eigenvalue weighted by atomic mass is 16.7. The third kappa shape index (κ3) is 2.79. The first kappa shape index (κ1) is 19.6. The van der Waals surface area contributed by atoms with Gasteiger partial charge >= 0.3 is 0 Å². The zero-order valence-corrected chi connectivity index (χ0v) is 16.2. The first-order chi connectivity index (χ1) is 12.9. The van der Waals surface area contributed by atoms with E-state index in [2.05, 4.69) is 6.58 Å². The molecular weight excluding hydrogens is 348 g/mol. The van der Waals surface area contributed by atoms with Crippen molar-refractivity contribution in [3.05, 3.63) is 48.1 Å². The van der Waals surface area contributed by atoms with E-state index >= 15 is 0 Å². The van der Waals surface area contributed by atoms with E-state index in [1.165, 1.54) is 14.2 Å². The van der Waals surface area contributed by atoms with Crippen LogP contribution in [0.25, 0.3) is 0 Å². The average molecular weight is 374 g/mol. The first-order valence-corrected chi connectivity index (χ1v) is 8.89. The van der Waals surface area contributed by atoms with Crippen LogP contribution < -0.4 is 4.74 Å². The number of benzene rings is 1. The van der Waals surface area contributed by atoms with E-state index in [1.807, 2.05) is 13.0 Å². The van der Waals surface area contributed by atoms with Crippen molar-refractivity contribution in [1.82, 2.24) is 0 Å². The zero-order chi connectivity index (χ0) is 19.8. The first-order valence-electron chi connectivity index (χ1n) is 8.89. The number of ketones is 1. The number of phenolic OH excluding ortho intramolecular Hbond substituents is 1. The SMILES string of the molecule is C=CCC1=C[C@]2(OC)[C@@H](C)[C@@H](c3ccc(O)c(OC)c3)O[C@@]2(OC)CC1=O. The van der Waals surface area contributed by atoms with Gasteiger partial charge in [0.1, 0.15) is 5.60 Å². The maximum atomic E-state index is 12.7. The van der Waals surface area contributed by atoms with Gasteiger partial charge in [0.25, 0.3) is 0 Å². The Morgan fingerprint density at radius 3 is 2.67 bits per heavy atom. The van der Waals surface area contributed by atoms with Crippen LogP contribution >= 0.6 is 0 Å². The Morgan fingerprint density at radius 1 is 1.33 bits per heavy atom. The van der Waals surface area contributed by atoms with Crippen LogP contribution in [0.3, 0.4) is 0 Å². The van der Waals surface area contributed by atoms with E-state index in [-0.39, 0.29) is 23.9 Å². The molecule has 0 unspecified atom stereocenters. The molecule has 6 heteroatoms. The van der Waals surface area contributed by atoms with Crippen LogP contribution in [0.4, 0.5) is 0 Å². The Kier molecular flexibility index (Phi) is 5.16. The molecule has 1 heterocycles. The van der Waals surface area contributed by atoms with E-state index in [0.717, 1.165) is 5.56 Å². The molecule has 1 aromatic carbocycles. The lowest BCUT2D eigenvalue weighted by molar-refractivity contribution is -0.274. The molecule has 1 N–H and O–H groups in total. The second-order valence-electron chi connectivity index (χ2n) is 6.98. The van der Waals surface area contributed by atoms with Gasteiger partial charge in [-0.15, -0.1) is 6.58 Å². The summed E-state index contributed by atoms with van der Waals surface area (Å²) in [4.78, 5) is 12.7. The van der Waals surface area contributed by atoms with Crippen LogP contribution in [0.5, 0.6) is 11.5 Å². The molecule has 1 aliphatic heterocycles. The van der Waals surface area contributed by atoms with Crippen LogP contribution in [0.2, 0.25) is 0 Å².